The van der Waals surface area contributed by atoms with E-state index in [2.05, 4.69) is 15.6 Å². The zero-order valence-corrected chi connectivity index (χ0v) is 18.6. The van der Waals surface area contributed by atoms with Gasteiger partial charge in [0.25, 0.3) is 5.91 Å². The molecule has 1 aliphatic heterocycles. The first-order valence-corrected chi connectivity index (χ1v) is 10.8. The number of nitrogens with zero attached hydrogens (tertiary/aromatic N) is 4. The lowest BCUT2D eigenvalue weighted by molar-refractivity contribution is -0.125. The summed E-state index contributed by atoms with van der Waals surface area (Å²) in [6.07, 6.45) is 1.12. The van der Waals surface area contributed by atoms with E-state index in [4.69, 9.17) is 4.74 Å². The summed E-state index contributed by atoms with van der Waals surface area (Å²) < 4.78 is 6.60. The van der Waals surface area contributed by atoms with Gasteiger partial charge in [-0.3, -0.25) is 9.59 Å². The van der Waals surface area contributed by atoms with E-state index < -0.39 is 12.1 Å². The number of para-hydroxylation sites is 1. The van der Waals surface area contributed by atoms with Crippen LogP contribution in [0.1, 0.15) is 33.6 Å². The Labute approximate surface area is 192 Å². The summed E-state index contributed by atoms with van der Waals surface area (Å²) in [5, 5.41) is 21.3. The molecule has 33 heavy (non-hydrogen) atoms. The highest BCUT2D eigenvalue weighted by Gasteiger charge is 2.39. The fourth-order valence-corrected chi connectivity index (χ4v) is 3.94. The molecule has 9 heteroatoms. The van der Waals surface area contributed by atoms with Gasteiger partial charge in [-0.2, -0.15) is 0 Å². The topological polar surface area (TPSA) is 110 Å². The summed E-state index contributed by atoms with van der Waals surface area (Å²) in [7, 11) is 1.57. The number of β-amino-alcohol motifs (C(OH)–C–C–N with tert-alkyl or cyclic N) is 1. The van der Waals surface area contributed by atoms with Crippen LogP contribution in [0.15, 0.2) is 54.7 Å². The molecule has 0 spiro atoms. The van der Waals surface area contributed by atoms with Gasteiger partial charge in [-0.15, -0.1) is 5.10 Å². The number of carbonyl (C=O) groups excluding carboxylic acids is 2. The third-order valence-electron chi connectivity index (χ3n) is 5.64. The number of aromatic nitrogens is 3. The molecule has 0 bridgehead atoms. The van der Waals surface area contributed by atoms with E-state index in [1.54, 1.807) is 37.6 Å². The van der Waals surface area contributed by atoms with Gasteiger partial charge in [0.05, 0.1) is 30.2 Å². The van der Waals surface area contributed by atoms with E-state index in [9.17, 15) is 14.7 Å². The second-order valence-corrected chi connectivity index (χ2v) is 8.17. The molecule has 2 aromatic carbocycles. The van der Waals surface area contributed by atoms with E-state index in [0.29, 0.717) is 30.1 Å². The van der Waals surface area contributed by atoms with Crippen molar-refractivity contribution < 1.29 is 19.4 Å². The van der Waals surface area contributed by atoms with Gasteiger partial charge in [0.2, 0.25) is 5.91 Å². The maximum Gasteiger partial charge on any atom is 0.256 e. The maximum absolute atomic E-state index is 13.5. The molecule has 9 nitrogen and oxygen atoms in total. The molecule has 2 heterocycles. The molecule has 4 rings (SSSR count). The van der Waals surface area contributed by atoms with E-state index in [-0.39, 0.29) is 24.8 Å². The normalized spacial score (nSPS) is 17.8. The van der Waals surface area contributed by atoms with Crippen LogP contribution in [0.2, 0.25) is 0 Å². The van der Waals surface area contributed by atoms with Crippen molar-refractivity contribution in [3.8, 4) is 5.69 Å². The second-order valence-electron chi connectivity index (χ2n) is 8.17. The Hall–Kier alpha value is -3.56. The van der Waals surface area contributed by atoms with Crippen molar-refractivity contribution >= 4 is 11.8 Å². The number of amides is 2. The molecule has 2 atom stereocenters. The van der Waals surface area contributed by atoms with Gasteiger partial charge in [-0.25, -0.2) is 4.68 Å². The number of aliphatic hydroxyl groups is 1. The zero-order valence-electron chi connectivity index (χ0n) is 18.6. The van der Waals surface area contributed by atoms with Crippen LogP contribution in [0.25, 0.3) is 5.69 Å². The Balaban J connectivity index is 1.53. The summed E-state index contributed by atoms with van der Waals surface area (Å²) in [6.45, 7) is 2.74. The third kappa shape index (κ3) is 5.10. The number of hydrogen-bond acceptors (Lipinski definition) is 6. The Morgan fingerprint density at radius 1 is 1.18 bits per heavy atom. The number of nitrogens with one attached hydrogen (secondary N) is 1. The average molecular weight is 450 g/mol. The van der Waals surface area contributed by atoms with Crippen LogP contribution in [-0.4, -0.2) is 62.6 Å². The lowest BCUT2D eigenvalue weighted by Gasteiger charge is -2.24. The van der Waals surface area contributed by atoms with Crippen molar-refractivity contribution in [1.29, 1.82) is 0 Å². The first-order valence-electron chi connectivity index (χ1n) is 10.8. The Kier molecular flexibility index (Phi) is 6.81. The molecule has 1 saturated heterocycles. The van der Waals surface area contributed by atoms with Crippen LogP contribution >= 0.6 is 0 Å². The van der Waals surface area contributed by atoms with Crippen molar-refractivity contribution in [2.75, 3.05) is 13.7 Å². The fraction of sp³-hybridized carbons (Fsp3) is 0.333. The van der Waals surface area contributed by atoms with E-state index in [1.807, 2.05) is 31.2 Å². The van der Waals surface area contributed by atoms with Gasteiger partial charge in [0, 0.05) is 26.6 Å². The minimum Gasteiger partial charge on any atom is -0.391 e. The van der Waals surface area contributed by atoms with Crippen molar-refractivity contribution in [3.05, 3.63) is 77.1 Å². The first kappa shape index (κ1) is 22.6. The largest absolute Gasteiger partial charge is 0.391 e. The summed E-state index contributed by atoms with van der Waals surface area (Å²) in [6, 6.07) is 14.1. The molecular formula is C24H27N5O4. The minimum atomic E-state index is -0.768. The summed E-state index contributed by atoms with van der Waals surface area (Å²) in [4.78, 5) is 27.9. The number of likely N-dealkylation sites (tertiary alicyclic amines) is 1. The van der Waals surface area contributed by atoms with Gasteiger partial charge in [-0.05, 0) is 24.6 Å². The molecular weight excluding hydrogens is 422 g/mol. The average Bonchev–Trinajstić information content (AvgIpc) is 3.45. The highest BCUT2D eigenvalue weighted by atomic mass is 16.5. The number of rotatable bonds is 7. The molecule has 2 amide bonds. The van der Waals surface area contributed by atoms with Gasteiger partial charge in [0.1, 0.15) is 11.7 Å². The molecule has 1 aliphatic rings. The predicted molar refractivity (Wildman–Crippen MR) is 121 cm³/mol. The van der Waals surface area contributed by atoms with Gasteiger partial charge >= 0.3 is 0 Å². The van der Waals surface area contributed by atoms with Crippen molar-refractivity contribution in [3.63, 3.8) is 0 Å². The molecule has 0 radical (unpaired) electrons. The monoisotopic (exact) mass is 449 g/mol. The summed E-state index contributed by atoms with van der Waals surface area (Å²) in [5.74, 6) is -0.637. The maximum atomic E-state index is 13.5. The standard InChI is InChI=1S/C24H27N5O4/c1-16-7-9-17(10-8-16)12-25-23(31)22-11-19(30)14-28(22)24(32)20-5-3-4-6-21(20)29-13-18(15-33-2)26-27-29/h3-10,13,19,22,30H,11-12,14-15H2,1-2H3,(H,25,31)/t19-,22+/m1/s1. The van der Waals surface area contributed by atoms with Crippen LogP contribution in [-0.2, 0) is 22.7 Å². The molecule has 3 aromatic rings. The number of hydrogen-bond donors (Lipinski definition) is 2. The van der Waals surface area contributed by atoms with Gasteiger partial charge in [0.15, 0.2) is 0 Å². The number of aliphatic hydroxyl groups excluding tert-OH is 1. The van der Waals surface area contributed by atoms with Crippen molar-refractivity contribution in [2.45, 2.75) is 38.6 Å². The van der Waals surface area contributed by atoms with Crippen LogP contribution in [0.4, 0.5) is 0 Å². The number of aryl methyl sites for hydroxylation is 1. The molecule has 0 unspecified atom stereocenters. The molecule has 0 aliphatic carbocycles. The van der Waals surface area contributed by atoms with E-state index in [1.165, 1.54) is 9.58 Å². The van der Waals surface area contributed by atoms with Crippen molar-refractivity contribution in [2.24, 2.45) is 0 Å². The predicted octanol–water partition coefficient (Wildman–Crippen LogP) is 1.61. The molecule has 1 fully saturated rings. The first-order chi connectivity index (χ1) is 16.0. The highest BCUT2D eigenvalue weighted by molar-refractivity contribution is 6.00. The quantitative estimate of drug-likeness (QED) is 0.567. The SMILES string of the molecule is COCc1cn(-c2ccccc2C(=O)N2C[C@H](O)C[C@H]2C(=O)NCc2ccc(C)cc2)nn1. The van der Waals surface area contributed by atoms with Crippen LogP contribution < -0.4 is 5.32 Å². The lowest BCUT2D eigenvalue weighted by Crippen LogP contribution is -2.46. The highest BCUT2D eigenvalue weighted by Crippen LogP contribution is 2.24. The van der Waals surface area contributed by atoms with Gasteiger partial charge in [-0.1, -0.05) is 47.2 Å². The number of methoxy groups -OCH3 is 1. The number of benzene rings is 2. The second kappa shape index (κ2) is 9.93. The Bertz CT molecular complexity index is 1130. The Morgan fingerprint density at radius 2 is 1.94 bits per heavy atom. The van der Waals surface area contributed by atoms with Crippen LogP contribution in [0.5, 0.6) is 0 Å². The number of carbonyl (C=O) groups is 2. The molecule has 172 valence electrons. The van der Waals surface area contributed by atoms with E-state index >= 15 is 0 Å². The zero-order chi connectivity index (χ0) is 23.4. The van der Waals surface area contributed by atoms with Crippen molar-refractivity contribution in [1.82, 2.24) is 25.2 Å². The molecule has 2 N–H and O–H groups in total. The fourth-order valence-electron chi connectivity index (χ4n) is 3.94. The van der Waals surface area contributed by atoms with Crippen LogP contribution in [0, 0.1) is 6.92 Å². The summed E-state index contributed by atoms with van der Waals surface area (Å²) in [5.41, 5.74) is 3.65. The van der Waals surface area contributed by atoms with Gasteiger partial charge < -0.3 is 20.1 Å². The lowest BCUT2D eigenvalue weighted by atomic mass is 10.1. The van der Waals surface area contributed by atoms with Crippen LogP contribution in [0.3, 0.4) is 0 Å². The van der Waals surface area contributed by atoms with E-state index in [0.717, 1.165) is 11.1 Å². The Morgan fingerprint density at radius 3 is 2.70 bits per heavy atom. The summed E-state index contributed by atoms with van der Waals surface area (Å²) >= 11 is 0. The minimum absolute atomic E-state index is 0.0854. The third-order valence-corrected chi connectivity index (χ3v) is 5.64. The smallest absolute Gasteiger partial charge is 0.256 e. The number of ether oxygens (including phenoxy) is 1. The molecule has 0 saturated carbocycles. The molecule has 1 aromatic heterocycles.